The summed E-state index contributed by atoms with van der Waals surface area (Å²) in [6, 6.07) is 11.3. The number of hydrogen-bond acceptors (Lipinski definition) is 6. The molecule has 2 aromatic heterocycles. The highest BCUT2D eigenvalue weighted by Crippen LogP contribution is 2.41. The number of urea groups is 1. The molecular weight excluding hydrogens is 390 g/mol. The molecule has 2 aliphatic heterocycles. The van der Waals surface area contributed by atoms with Crippen molar-refractivity contribution in [3.63, 3.8) is 0 Å². The second-order valence-electron chi connectivity index (χ2n) is 8.26. The van der Waals surface area contributed by atoms with Crippen molar-refractivity contribution < 1.29 is 4.79 Å². The van der Waals surface area contributed by atoms with Gasteiger partial charge in [-0.3, -0.25) is 0 Å². The largest absolute Gasteiger partial charge is 0.341 e. The van der Waals surface area contributed by atoms with Gasteiger partial charge in [0.1, 0.15) is 5.82 Å². The number of amides is 2. The highest BCUT2D eigenvalue weighted by molar-refractivity contribution is 5.89. The average molecular weight is 416 g/mol. The summed E-state index contributed by atoms with van der Waals surface area (Å²) in [5.74, 6) is 1.53. The standard InChI is InChI=1S/C23H25N7O/c1-17-26-14-18-15-30(22(31)28-19-6-3-2-4-7-19)16-23(20(18)27-17)8-12-29(13-9-23)21-24-10-5-11-25-21/h2-7,10-11,14H,8-9,12-13,15-16H2,1H3,(H,28,31). The number of carbonyl (C=O) groups excluding carboxylic acids is 1. The van der Waals surface area contributed by atoms with Crippen LogP contribution in [0.4, 0.5) is 16.4 Å². The van der Waals surface area contributed by atoms with E-state index in [9.17, 15) is 4.79 Å². The number of anilines is 2. The summed E-state index contributed by atoms with van der Waals surface area (Å²) in [6.45, 7) is 4.72. The molecule has 1 N–H and O–H groups in total. The van der Waals surface area contributed by atoms with Crippen molar-refractivity contribution in [1.29, 1.82) is 0 Å². The first-order valence-corrected chi connectivity index (χ1v) is 10.6. The second kappa shape index (κ2) is 7.94. The van der Waals surface area contributed by atoms with Crippen LogP contribution in [0.3, 0.4) is 0 Å². The Morgan fingerprint density at radius 2 is 1.77 bits per heavy atom. The zero-order valence-corrected chi connectivity index (χ0v) is 17.5. The predicted molar refractivity (Wildman–Crippen MR) is 118 cm³/mol. The van der Waals surface area contributed by atoms with Crippen LogP contribution in [0.1, 0.15) is 29.9 Å². The molecule has 1 saturated heterocycles. The lowest BCUT2D eigenvalue weighted by molar-refractivity contribution is 0.160. The lowest BCUT2D eigenvalue weighted by Gasteiger charge is -2.47. The third-order valence-electron chi connectivity index (χ3n) is 6.21. The summed E-state index contributed by atoms with van der Waals surface area (Å²) < 4.78 is 0. The maximum atomic E-state index is 13.1. The van der Waals surface area contributed by atoms with E-state index in [1.807, 2.05) is 54.4 Å². The van der Waals surface area contributed by atoms with Gasteiger partial charge in [-0.2, -0.15) is 0 Å². The van der Waals surface area contributed by atoms with Crippen molar-refractivity contribution in [2.24, 2.45) is 0 Å². The zero-order chi connectivity index (χ0) is 21.3. The molecule has 0 radical (unpaired) electrons. The number of rotatable bonds is 2. The van der Waals surface area contributed by atoms with E-state index in [1.54, 1.807) is 12.4 Å². The first-order chi connectivity index (χ1) is 15.1. The zero-order valence-electron chi connectivity index (χ0n) is 17.5. The molecule has 3 aromatic rings. The van der Waals surface area contributed by atoms with Crippen LogP contribution in [0.25, 0.3) is 0 Å². The monoisotopic (exact) mass is 415 g/mol. The predicted octanol–water partition coefficient (Wildman–Crippen LogP) is 3.16. The Morgan fingerprint density at radius 1 is 1.03 bits per heavy atom. The van der Waals surface area contributed by atoms with E-state index in [4.69, 9.17) is 4.98 Å². The first kappa shape index (κ1) is 19.4. The van der Waals surface area contributed by atoms with E-state index >= 15 is 0 Å². The van der Waals surface area contributed by atoms with Crippen LogP contribution < -0.4 is 10.2 Å². The Morgan fingerprint density at radius 3 is 2.52 bits per heavy atom. The number of aryl methyl sites for hydroxylation is 1. The number of fused-ring (bicyclic) bond motifs is 2. The van der Waals surface area contributed by atoms with E-state index in [2.05, 4.69) is 25.2 Å². The van der Waals surface area contributed by atoms with Gasteiger partial charge in [-0.05, 0) is 38.0 Å². The van der Waals surface area contributed by atoms with Crippen molar-refractivity contribution in [1.82, 2.24) is 24.8 Å². The number of benzene rings is 1. The van der Waals surface area contributed by atoms with Crippen molar-refractivity contribution >= 4 is 17.7 Å². The molecule has 8 nitrogen and oxygen atoms in total. The van der Waals surface area contributed by atoms with Gasteiger partial charge >= 0.3 is 6.03 Å². The minimum Gasteiger partial charge on any atom is -0.341 e. The van der Waals surface area contributed by atoms with E-state index in [1.165, 1.54) is 0 Å². The third-order valence-corrected chi connectivity index (χ3v) is 6.21. The average Bonchev–Trinajstić information content (AvgIpc) is 2.81. The molecule has 4 heterocycles. The van der Waals surface area contributed by atoms with Crippen molar-refractivity contribution in [3.8, 4) is 0 Å². The molecule has 5 rings (SSSR count). The van der Waals surface area contributed by atoms with Gasteiger partial charge in [0.05, 0.1) is 12.2 Å². The van der Waals surface area contributed by atoms with Crippen molar-refractivity contribution in [2.45, 2.75) is 31.7 Å². The number of piperidine rings is 1. The molecule has 0 saturated carbocycles. The normalized spacial score (nSPS) is 17.3. The Balaban J connectivity index is 1.41. The molecular formula is C23H25N7O. The van der Waals surface area contributed by atoms with Crippen LogP contribution in [0.5, 0.6) is 0 Å². The summed E-state index contributed by atoms with van der Waals surface area (Å²) in [7, 11) is 0. The van der Waals surface area contributed by atoms with Crippen LogP contribution in [0.2, 0.25) is 0 Å². The second-order valence-corrected chi connectivity index (χ2v) is 8.26. The van der Waals surface area contributed by atoms with Gasteiger partial charge in [0.25, 0.3) is 0 Å². The lowest BCUT2D eigenvalue weighted by atomic mass is 9.71. The molecule has 0 bridgehead atoms. The number of para-hydroxylation sites is 1. The maximum absolute atomic E-state index is 13.1. The Labute approximate surface area is 181 Å². The molecule has 8 heteroatoms. The molecule has 2 amide bonds. The van der Waals surface area contributed by atoms with Crippen LogP contribution in [0.15, 0.2) is 55.0 Å². The number of carbonyl (C=O) groups is 1. The third kappa shape index (κ3) is 3.81. The molecule has 31 heavy (non-hydrogen) atoms. The van der Waals surface area contributed by atoms with Crippen LogP contribution in [-0.4, -0.2) is 50.5 Å². The van der Waals surface area contributed by atoms with Gasteiger partial charge < -0.3 is 15.1 Å². The fourth-order valence-corrected chi connectivity index (χ4v) is 4.62. The van der Waals surface area contributed by atoms with Gasteiger partial charge in [0, 0.05) is 54.9 Å². The molecule has 1 aromatic carbocycles. The number of hydrogen-bond donors (Lipinski definition) is 1. The van der Waals surface area contributed by atoms with Crippen LogP contribution in [-0.2, 0) is 12.0 Å². The molecule has 158 valence electrons. The quantitative estimate of drug-likeness (QED) is 0.692. The van der Waals surface area contributed by atoms with E-state index in [-0.39, 0.29) is 11.4 Å². The summed E-state index contributed by atoms with van der Waals surface area (Å²) in [6.07, 6.45) is 7.19. The minimum absolute atomic E-state index is 0.0920. The highest BCUT2D eigenvalue weighted by Gasteiger charge is 2.45. The molecule has 0 unspecified atom stereocenters. The topological polar surface area (TPSA) is 87.1 Å². The fourth-order valence-electron chi connectivity index (χ4n) is 4.62. The first-order valence-electron chi connectivity index (χ1n) is 10.6. The highest BCUT2D eigenvalue weighted by atomic mass is 16.2. The summed E-state index contributed by atoms with van der Waals surface area (Å²) in [5.41, 5.74) is 2.73. The fraction of sp³-hybridized carbons (Fsp3) is 0.348. The Kier molecular flexibility index (Phi) is 4.97. The smallest absolute Gasteiger partial charge is 0.322 e. The van der Waals surface area contributed by atoms with E-state index < -0.39 is 0 Å². The molecule has 1 fully saturated rings. The summed E-state index contributed by atoms with van der Waals surface area (Å²) in [4.78, 5) is 35.3. The van der Waals surface area contributed by atoms with Crippen molar-refractivity contribution in [3.05, 3.63) is 72.1 Å². The van der Waals surface area contributed by atoms with E-state index in [0.29, 0.717) is 13.1 Å². The van der Waals surface area contributed by atoms with Gasteiger partial charge in [0.15, 0.2) is 0 Å². The van der Waals surface area contributed by atoms with Gasteiger partial charge in [0.2, 0.25) is 5.95 Å². The van der Waals surface area contributed by atoms with E-state index in [0.717, 1.165) is 54.6 Å². The van der Waals surface area contributed by atoms with Gasteiger partial charge in [-0.1, -0.05) is 18.2 Å². The molecule has 0 atom stereocenters. The van der Waals surface area contributed by atoms with Crippen LogP contribution in [0, 0.1) is 6.92 Å². The summed E-state index contributed by atoms with van der Waals surface area (Å²) in [5, 5.41) is 3.03. The number of nitrogens with zero attached hydrogens (tertiary/aromatic N) is 6. The molecule has 1 spiro atoms. The van der Waals surface area contributed by atoms with Gasteiger partial charge in [-0.25, -0.2) is 24.7 Å². The molecule has 2 aliphatic rings. The Bertz CT molecular complexity index is 1070. The van der Waals surface area contributed by atoms with Crippen molar-refractivity contribution in [2.75, 3.05) is 29.9 Å². The maximum Gasteiger partial charge on any atom is 0.322 e. The minimum atomic E-state index is -0.194. The van der Waals surface area contributed by atoms with Crippen LogP contribution >= 0.6 is 0 Å². The summed E-state index contributed by atoms with van der Waals surface area (Å²) >= 11 is 0. The van der Waals surface area contributed by atoms with Gasteiger partial charge in [-0.15, -0.1) is 0 Å². The number of aromatic nitrogens is 4. The number of nitrogens with one attached hydrogen (secondary N) is 1. The lowest BCUT2D eigenvalue weighted by Crippen LogP contribution is -2.54. The Hall–Kier alpha value is -3.55. The SMILES string of the molecule is Cc1ncc2c(n1)C1(CCN(c3ncccn3)CC1)CN(C(=O)Nc1ccccc1)C2. The molecule has 0 aliphatic carbocycles.